The Balaban J connectivity index is 2.88. The van der Waals surface area contributed by atoms with E-state index in [-0.39, 0.29) is 24.2 Å². The molecule has 1 aromatic carbocycles. The molecule has 0 atom stereocenters. The number of carboxylic acids is 1. The maximum Gasteiger partial charge on any atom is 0.303 e. The van der Waals surface area contributed by atoms with Crippen LogP contribution in [0.15, 0.2) is 18.2 Å². The number of nitrogens with one attached hydrogen (secondary N) is 1. The van der Waals surface area contributed by atoms with Crippen LogP contribution in [-0.2, 0) is 4.79 Å². The van der Waals surface area contributed by atoms with E-state index in [1.807, 2.05) is 0 Å². The van der Waals surface area contributed by atoms with Crippen LogP contribution >= 0.6 is 0 Å². The van der Waals surface area contributed by atoms with Gasteiger partial charge in [-0.3, -0.25) is 9.59 Å². The van der Waals surface area contributed by atoms with Crippen LogP contribution < -0.4 is 10.1 Å². The molecule has 0 aliphatic carbocycles. The SMILES string of the molecule is COc1cccc(F)c1C(=O)NC(C)(C)CCC(=O)O. The second-order valence-electron chi connectivity index (χ2n) is 5.05. The summed E-state index contributed by atoms with van der Waals surface area (Å²) in [7, 11) is 1.35. The van der Waals surface area contributed by atoms with Crippen molar-refractivity contribution < 1.29 is 23.8 Å². The molecule has 0 aromatic heterocycles. The van der Waals surface area contributed by atoms with Gasteiger partial charge in [0.15, 0.2) is 0 Å². The number of rotatable bonds is 6. The monoisotopic (exact) mass is 283 g/mol. The maximum atomic E-state index is 13.7. The molecule has 0 bridgehead atoms. The molecule has 0 fully saturated rings. The minimum absolute atomic E-state index is 0.0817. The van der Waals surface area contributed by atoms with Crippen molar-refractivity contribution in [3.63, 3.8) is 0 Å². The molecule has 1 amide bonds. The average molecular weight is 283 g/mol. The van der Waals surface area contributed by atoms with Crippen molar-refractivity contribution in [3.8, 4) is 5.75 Å². The molecule has 0 saturated heterocycles. The molecule has 0 radical (unpaired) electrons. The summed E-state index contributed by atoms with van der Waals surface area (Å²) in [4.78, 5) is 22.7. The summed E-state index contributed by atoms with van der Waals surface area (Å²) in [5.74, 6) is -2.13. The predicted octanol–water partition coefficient (Wildman–Crippen LogP) is 2.21. The van der Waals surface area contributed by atoms with Crippen LogP contribution in [0.2, 0.25) is 0 Å². The lowest BCUT2D eigenvalue weighted by Crippen LogP contribution is -2.44. The number of hydrogen-bond acceptors (Lipinski definition) is 3. The van der Waals surface area contributed by atoms with Gasteiger partial charge in [0.05, 0.1) is 7.11 Å². The maximum absolute atomic E-state index is 13.7. The molecule has 0 saturated carbocycles. The molecule has 0 heterocycles. The summed E-state index contributed by atoms with van der Waals surface area (Å²) in [6, 6.07) is 4.10. The Hall–Kier alpha value is -2.11. The third kappa shape index (κ3) is 4.22. The smallest absolute Gasteiger partial charge is 0.303 e. The molecule has 1 aromatic rings. The number of methoxy groups -OCH3 is 1. The van der Waals surface area contributed by atoms with Gasteiger partial charge < -0.3 is 15.2 Å². The molecule has 20 heavy (non-hydrogen) atoms. The molecular weight excluding hydrogens is 265 g/mol. The standard InChI is InChI=1S/C14H18FNO4/c1-14(2,8-7-11(17)18)16-13(19)12-9(15)5-4-6-10(12)20-3/h4-6H,7-8H2,1-3H3,(H,16,19)(H,17,18). The van der Waals surface area contributed by atoms with Crippen LogP contribution in [0.5, 0.6) is 5.75 Å². The minimum Gasteiger partial charge on any atom is -0.496 e. The lowest BCUT2D eigenvalue weighted by molar-refractivity contribution is -0.137. The van der Waals surface area contributed by atoms with Gasteiger partial charge in [-0.2, -0.15) is 0 Å². The molecular formula is C14H18FNO4. The topological polar surface area (TPSA) is 75.6 Å². The van der Waals surface area contributed by atoms with Crippen molar-refractivity contribution in [1.29, 1.82) is 0 Å². The Morgan fingerprint density at radius 3 is 2.60 bits per heavy atom. The fourth-order valence-corrected chi connectivity index (χ4v) is 1.75. The summed E-state index contributed by atoms with van der Waals surface area (Å²) < 4.78 is 18.7. The summed E-state index contributed by atoms with van der Waals surface area (Å²) >= 11 is 0. The summed E-state index contributed by atoms with van der Waals surface area (Å²) in [6.07, 6.45) is 0.159. The third-order valence-electron chi connectivity index (χ3n) is 2.84. The van der Waals surface area contributed by atoms with Gasteiger partial charge in [0.2, 0.25) is 0 Å². The molecule has 0 aliphatic rings. The van der Waals surface area contributed by atoms with E-state index in [9.17, 15) is 14.0 Å². The number of aliphatic carboxylic acids is 1. The second kappa shape index (κ2) is 6.36. The number of benzene rings is 1. The van der Waals surface area contributed by atoms with E-state index in [2.05, 4.69) is 5.32 Å². The van der Waals surface area contributed by atoms with Gasteiger partial charge in [0.1, 0.15) is 17.1 Å². The molecule has 2 N–H and O–H groups in total. The molecule has 6 heteroatoms. The van der Waals surface area contributed by atoms with Gasteiger partial charge in [-0.15, -0.1) is 0 Å². The normalized spacial score (nSPS) is 11.0. The molecule has 1 rings (SSSR count). The minimum atomic E-state index is -0.948. The highest BCUT2D eigenvalue weighted by Crippen LogP contribution is 2.22. The van der Waals surface area contributed by atoms with Crippen LogP contribution in [0.25, 0.3) is 0 Å². The largest absolute Gasteiger partial charge is 0.496 e. The number of ether oxygens (including phenoxy) is 1. The molecule has 0 spiro atoms. The highest BCUT2D eigenvalue weighted by Gasteiger charge is 2.25. The third-order valence-corrected chi connectivity index (χ3v) is 2.84. The Labute approximate surface area is 116 Å². The lowest BCUT2D eigenvalue weighted by Gasteiger charge is -2.26. The van der Waals surface area contributed by atoms with E-state index in [1.165, 1.54) is 25.3 Å². The van der Waals surface area contributed by atoms with Crippen LogP contribution in [-0.4, -0.2) is 29.6 Å². The Morgan fingerprint density at radius 1 is 1.40 bits per heavy atom. The second-order valence-corrected chi connectivity index (χ2v) is 5.05. The number of carbonyl (C=O) groups excluding carboxylic acids is 1. The van der Waals surface area contributed by atoms with Crippen LogP contribution in [0.4, 0.5) is 4.39 Å². The van der Waals surface area contributed by atoms with E-state index in [4.69, 9.17) is 9.84 Å². The number of hydrogen-bond donors (Lipinski definition) is 2. The predicted molar refractivity (Wildman–Crippen MR) is 71.4 cm³/mol. The molecule has 0 unspecified atom stereocenters. The first-order chi connectivity index (χ1) is 9.26. The first-order valence-corrected chi connectivity index (χ1v) is 6.13. The highest BCUT2D eigenvalue weighted by molar-refractivity contribution is 5.97. The number of amides is 1. The van der Waals surface area contributed by atoms with Crippen molar-refractivity contribution in [2.75, 3.05) is 7.11 Å². The lowest BCUT2D eigenvalue weighted by atomic mass is 9.97. The van der Waals surface area contributed by atoms with Crippen molar-refractivity contribution in [2.24, 2.45) is 0 Å². The van der Waals surface area contributed by atoms with Crippen molar-refractivity contribution in [1.82, 2.24) is 5.32 Å². The molecule has 110 valence electrons. The Kier molecular flexibility index (Phi) is 5.07. The van der Waals surface area contributed by atoms with Gasteiger partial charge in [-0.1, -0.05) is 6.07 Å². The van der Waals surface area contributed by atoms with Crippen LogP contribution in [0, 0.1) is 5.82 Å². The summed E-state index contributed by atoms with van der Waals surface area (Å²) in [5.41, 5.74) is -0.943. The van der Waals surface area contributed by atoms with E-state index in [1.54, 1.807) is 13.8 Å². The van der Waals surface area contributed by atoms with E-state index in [0.29, 0.717) is 0 Å². The average Bonchev–Trinajstić information content (AvgIpc) is 2.35. The Morgan fingerprint density at radius 2 is 2.05 bits per heavy atom. The van der Waals surface area contributed by atoms with Gasteiger partial charge in [0, 0.05) is 12.0 Å². The summed E-state index contributed by atoms with van der Waals surface area (Å²) in [6.45, 7) is 3.36. The quantitative estimate of drug-likeness (QED) is 0.839. The number of halogens is 1. The highest BCUT2D eigenvalue weighted by atomic mass is 19.1. The van der Waals surface area contributed by atoms with Crippen LogP contribution in [0.1, 0.15) is 37.0 Å². The van der Waals surface area contributed by atoms with Crippen molar-refractivity contribution in [2.45, 2.75) is 32.2 Å². The van der Waals surface area contributed by atoms with Gasteiger partial charge in [-0.25, -0.2) is 4.39 Å². The Bertz CT molecular complexity index is 514. The van der Waals surface area contributed by atoms with E-state index < -0.39 is 23.2 Å². The first-order valence-electron chi connectivity index (χ1n) is 6.13. The van der Waals surface area contributed by atoms with Gasteiger partial charge >= 0.3 is 5.97 Å². The zero-order valence-corrected chi connectivity index (χ0v) is 11.7. The fraction of sp³-hybridized carbons (Fsp3) is 0.429. The number of carboxylic acid groups (broad SMARTS) is 1. The zero-order valence-electron chi connectivity index (χ0n) is 11.7. The molecule has 0 aliphatic heterocycles. The van der Waals surface area contributed by atoms with Gasteiger partial charge in [-0.05, 0) is 32.4 Å². The molecule has 5 nitrogen and oxygen atoms in total. The summed E-state index contributed by atoms with van der Waals surface area (Å²) in [5, 5.41) is 11.3. The fourth-order valence-electron chi connectivity index (χ4n) is 1.75. The van der Waals surface area contributed by atoms with E-state index in [0.717, 1.165) is 0 Å². The number of carbonyl (C=O) groups is 2. The van der Waals surface area contributed by atoms with Crippen molar-refractivity contribution in [3.05, 3.63) is 29.6 Å². The van der Waals surface area contributed by atoms with Gasteiger partial charge in [0.25, 0.3) is 5.91 Å². The van der Waals surface area contributed by atoms with Crippen molar-refractivity contribution >= 4 is 11.9 Å². The van der Waals surface area contributed by atoms with E-state index >= 15 is 0 Å². The first kappa shape index (κ1) is 15.9. The van der Waals surface area contributed by atoms with Crippen LogP contribution in [0.3, 0.4) is 0 Å². The zero-order chi connectivity index (χ0) is 15.3.